The number of aliphatic hydroxyl groups is 1. The fourth-order valence-corrected chi connectivity index (χ4v) is 2.72. The number of benzene rings is 1. The molecule has 0 spiro atoms. The van der Waals surface area contributed by atoms with Crippen LogP contribution in [-0.4, -0.2) is 41.1 Å². The van der Waals surface area contributed by atoms with Crippen molar-refractivity contribution in [3.63, 3.8) is 0 Å². The van der Waals surface area contributed by atoms with E-state index in [0.29, 0.717) is 10.6 Å². The highest BCUT2D eigenvalue weighted by molar-refractivity contribution is 6.42. The highest BCUT2D eigenvalue weighted by Crippen LogP contribution is 2.27. The van der Waals surface area contributed by atoms with E-state index in [1.54, 1.807) is 26.0 Å². The molecule has 1 aromatic rings. The standard InChI is InChI=1S/C16H17Cl2NO4/c1-3-23-16(22)11-6-9(2)19(8-14(11)20)15(21)10-4-5-12(17)13(18)7-10/h4-5,7,9,20H,3,6,8H2,1-2H3. The van der Waals surface area contributed by atoms with Gasteiger partial charge in [0.25, 0.3) is 5.91 Å². The van der Waals surface area contributed by atoms with Crippen LogP contribution in [0.15, 0.2) is 29.5 Å². The van der Waals surface area contributed by atoms with Crippen molar-refractivity contribution in [1.29, 1.82) is 0 Å². The third-order valence-corrected chi connectivity index (χ3v) is 4.39. The van der Waals surface area contributed by atoms with Crippen LogP contribution in [0.2, 0.25) is 10.0 Å². The third-order valence-electron chi connectivity index (χ3n) is 3.65. The fraction of sp³-hybridized carbons (Fsp3) is 0.375. The molecule has 1 amide bonds. The van der Waals surface area contributed by atoms with Gasteiger partial charge in [0, 0.05) is 18.0 Å². The first kappa shape index (κ1) is 17.6. The Morgan fingerprint density at radius 1 is 1.35 bits per heavy atom. The molecule has 2 rings (SSSR count). The number of nitrogens with zero attached hydrogens (tertiary/aromatic N) is 1. The first-order valence-corrected chi connectivity index (χ1v) is 7.94. The van der Waals surface area contributed by atoms with Gasteiger partial charge < -0.3 is 14.7 Å². The van der Waals surface area contributed by atoms with Gasteiger partial charge in [0.05, 0.1) is 28.8 Å². The summed E-state index contributed by atoms with van der Waals surface area (Å²) in [5, 5.41) is 10.7. The van der Waals surface area contributed by atoms with Crippen LogP contribution in [0.4, 0.5) is 0 Å². The van der Waals surface area contributed by atoms with Gasteiger partial charge in [-0.3, -0.25) is 4.79 Å². The SMILES string of the molecule is CCOC(=O)C1=C(O)CN(C(=O)c2ccc(Cl)c(Cl)c2)C(C)C1. The zero-order valence-corrected chi connectivity index (χ0v) is 14.3. The summed E-state index contributed by atoms with van der Waals surface area (Å²) < 4.78 is 4.92. The number of carbonyl (C=O) groups is 2. The maximum absolute atomic E-state index is 12.6. The molecule has 1 atom stereocenters. The van der Waals surface area contributed by atoms with E-state index in [0.717, 1.165) is 0 Å². The van der Waals surface area contributed by atoms with Gasteiger partial charge in [-0.1, -0.05) is 23.2 Å². The minimum Gasteiger partial charge on any atom is -0.510 e. The molecule has 0 saturated heterocycles. The van der Waals surface area contributed by atoms with Crippen molar-refractivity contribution in [2.24, 2.45) is 0 Å². The van der Waals surface area contributed by atoms with Crippen LogP contribution in [0.1, 0.15) is 30.6 Å². The van der Waals surface area contributed by atoms with Crippen LogP contribution in [0.5, 0.6) is 0 Å². The van der Waals surface area contributed by atoms with Crippen molar-refractivity contribution in [1.82, 2.24) is 4.90 Å². The van der Waals surface area contributed by atoms with Crippen molar-refractivity contribution in [2.45, 2.75) is 26.3 Å². The second-order valence-corrected chi connectivity index (χ2v) is 6.08. The van der Waals surface area contributed by atoms with Gasteiger partial charge in [0.2, 0.25) is 0 Å². The molecule has 0 aliphatic carbocycles. The Labute approximate surface area is 144 Å². The van der Waals surface area contributed by atoms with E-state index in [4.69, 9.17) is 27.9 Å². The summed E-state index contributed by atoms with van der Waals surface area (Å²) in [6.07, 6.45) is 0.234. The molecule has 1 aromatic carbocycles. The second kappa shape index (κ2) is 7.23. The summed E-state index contributed by atoms with van der Waals surface area (Å²) in [7, 11) is 0. The first-order chi connectivity index (χ1) is 10.8. The smallest absolute Gasteiger partial charge is 0.337 e. The molecule has 5 nitrogen and oxygen atoms in total. The molecule has 0 saturated carbocycles. The number of hydrogen-bond donors (Lipinski definition) is 1. The molecular formula is C16H17Cl2NO4. The Morgan fingerprint density at radius 3 is 2.65 bits per heavy atom. The predicted molar refractivity (Wildman–Crippen MR) is 87.9 cm³/mol. The molecule has 1 N–H and O–H groups in total. The van der Waals surface area contributed by atoms with E-state index in [9.17, 15) is 14.7 Å². The van der Waals surface area contributed by atoms with Crippen LogP contribution < -0.4 is 0 Å². The maximum atomic E-state index is 12.6. The summed E-state index contributed by atoms with van der Waals surface area (Å²) in [6, 6.07) is 4.35. The Morgan fingerprint density at radius 2 is 2.04 bits per heavy atom. The van der Waals surface area contributed by atoms with Gasteiger partial charge in [0.1, 0.15) is 5.76 Å². The number of hydrogen-bond acceptors (Lipinski definition) is 4. The maximum Gasteiger partial charge on any atom is 0.337 e. The van der Waals surface area contributed by atoms with E-state index in [-0.39, 0.29) is 47.9 Å². The highest BCUT2D eigenvalue weighted by atomic mass is 35.5. The van der Waals surface area contributed by atoms with E-state index in [2.05, 4.69) is 0 Å². The number of amides is 1. The lowest BCUT2D eigenvalue weighted by atomic mass is 9.99. The summed E-state index contributed by atoms with van der Waals surface area (Å²) in [5.41, 5.74) is 0.594. The van der Waals surface area contributed by atoms with E-state index >= 15 is 0 Å². The van der Waals surface area contributed by atoms with Crippen molar-refractivity contribution >= 4 is 35.1 Å². The van der Waals surface area contributed by atoms with Gasteiger partial charge >= 0.3 is 5.97 Å². The summed E-state index contributed by atoms with van der Waals surface area (Å²) in [4.78, 5) is 25.9. The van der Waals surface area contributed by atoms with Crippen molar-refractivity contribution in [3.8, 4) is 0 Å². The van der Waals surface area contributed by atoms with Crippen LogP contribution in [0.25, 0.3) is 0 Å². The van der Waals surface area contributed by atoms with Crippen LogP contribution >= 0.6 is 23.2 Å². The van der Waals surface area contributed by atoms with E-state index in [1.807, 2.05) is 0 Å². The van der Waals surface area contributed by atoms with Crippen LogP contribution in [0, 0.1) is 0 Å². The first-order valence-electron chi connectivity index (χ1n) is 7.19. The van der Waals surface area contributed by atoms with E-state index in [1.165, 1.54) is 11.0 Å². The monoisotopic (exact) mass is 357 g/mol. The molecule has 0 radical (unpaired) electrons. The number of aliphatic hydroxyl groups excluding tert-OH is 1. The average Bonchev–Trinajstić information content (AvgIpc) is 2.51. The van der Waals surface area contributed by atoms with Crippen molar-refractivity contribution < 1.29 is 19.4 Å². The predicted octanol–water partition coefficient (Wildman–Crippen LogP) is 3.60. The Kier molecular flexibility index (Phi) is 5.55. The van der Waals surface area contributed by atoms with Crippen LogP contribution in [0.3, 0.4) is 0 Å². The molecule has 1 heterocycles. The molecule has 23 heavy (non-hydrogen) atoms. The molecule has 1 aliphatic rings. The number of rotatable bonds is 3. The molecule has 1 unspecified atom stereocenters. The largest absolute Gasteiger partial charge is 0.510 e. The molecule has 124 valence electrons. The minimum absolute atomic E-state index is 0.0472. The number of esters is 1. The lowest BCUT2D eigenvalue weighted by Gasteiger charge is -2.34. The summed E-state index contributed by atoms with van der Waals surface area (Å²) in [6.45, 7) is 3.69. The van der Waals surface area contributed by atoms with Gasteiger partial charge in [-0.15, -0.1) is 0 Å². The Bertz CT molecular complexity index is 672. The zero-order valence-electron chi connectivity index (χ0n) is 12.8. The van der Waals surface area contributed by atoms with Gasteiger partial charge in [-0.25, -0.2) is 4.79 Å². The molecular weight excluding hydrogens is 341 g/mol. The lowest BCUT2D eigenvalue weighted by molar-refractivity contribution is -0.139. The molecule has 0 bridgehead atoms. The number of ether oxygens (including phenoxy) is 1. The van der Waals surface area contributed by atoms with E-state index < -0.39 is 5.97 Å². The summed E-state index contributed by atoms with van der Waals surface area (Å²) in [5.74, 6) is -0.973. The van der Waals surface area contributed by atoms with Crippen molar-refractivity contribution in [3.05, 3.63) is 45.1 Å². The molecule has 1 aliphatic heterocycles. The highest BCUT2D eigenvalue weighted by Gasteiger charge is 2.32. The summed E-state index contributed by atoms with van der Waals surface area (Å²) >= 11 is 11.8. The fourth-order valence-electron chi connectivity index (χ4n) is 2.42. The average molecular weight is 358 g/mol. The molecule has 0 aromatic heterocycles. The number of carbonyl (C=O) groups excluding carboxylic acids is 2. The quantitative estimate of drug-likeness (QED) is 0.839. The van der Waals surface area contributed by atoms with Crippen LogP contribution in [-0.2, 0) is 9.53 Å². The number of halogens is 2. The normalized spacial score (nSPS) is 18.1. The van der Waals surface area contributed by atoms with Gasteiger partial charge in [-0.05, 0) is 32.0 Å². The second-order valence-electron chi connectivity index (χ2n) is 5.26. The molecule has 0 fully saturated rings. The molecule has 7 heteroatoms. The van der Waals surface area contributed by atoms with Gasteiger partial charge in [-0.2, -0.15) is 0 Å². The lowest BCUT2D eigenvalue weighted by Crippen LogP contribution is -2.44. The Hall–Kier alpha value is -1.72. The topological polar surface area (TPSA) is 66.8 Å². The van der Waals surface area contributed by atoms with Gasteiger partial charge in [0.15, 0.2) is 0 Å². The third kappa shape index (κ3) is 3.79. The minimum atomic E-state index is -0.543. The Balaban J connectivity index is 2.23. The zero-order chi connectivity index (χ0) is 17.1. The van der Waals surface area contributed by atoms with Crippen molar-refractivity contribution in [2.75, 3.05) is 13.2 Å².